The predicted octanol–water partition coefficient (Wildman–Crippen LogP) is 3.40. The summed E-state index contributed by atoms with van der Waals surface area (Å²) in [7, 11) is 0. The molecule has 0 aliphatic carbocycles. The van der Waals surface area contributed by atoms with Crippen LogP contribution in [0.2, 0.25) is 0 Å². The minimum absolute atomic E-state index is 0.0498. The maximum Gasteiger partial charge on any atom is 0.234 e. The number of rotatable bonds is 3. The van der Waals surface area contributed by atoms with Gasteiger partial charge in [0.05, 0.1) is 5.92 Å². The van der Waals surface area contributed by atoms with Crippen LogP contribution in [0.15, 0.2) is 60.7 Å². The minimum Gasteiger partial charge on any atom is -0.341 e. The first kappa shape index (κ1) is 16.7. The van der Waals surface area contributed by atoms with E-state index < -0.39 is 0 Å². The van der Waals surface area contributed by atoms with Gasteiger partial charge in [-0.05, 0) is 23.0 Å². The van der Waals surface area contributed by atoms with E-state index in [9.17, 15) is 4.79 Å². The van der Waals surface area contributed by atoms with E-state index in [2.05, 4.69) is 13.8 Å². The van der Waals surface area contributed by atoms with Crippen LogP contribution in [-0.2, 0) is 4.79 Å². The normalized spacial score (nSPS) is 20.2. The lowest BCUT2D eigenvalue weighted by atomic mass is 9.79. The summed E-state index contributed by atoms with van der Waals surface area (Å²) >= 11 is 0. The summed E-state index contributed by atoms with van der Waals surface area (Å²) in [6, 6.07) is 20.2. The third kappa shape index (κ3) is 3.36. The molecule has 24 heavy (non-hydrogen) atoms. The number of carbonyl (C=O) groups excluding carboxylic acids is 1. The highest BCUT2D eigenvalue weighted by Gasteiger charge is 2.37. The molecule has 1 atom stereocenters. The van der Waals surface area contributed by atoms with Crippen LogP contribution in [0.25, 0.3) is 0 Å². The van der Waals surface area contributed by atoms with Crippen molar-refractivity contribution in [2.75, 3.05) is 13.1 Å². The number of hydrogen-bond acceptors (Lipinski definition) is 2. The zero-order chi connectivity index (χ0) is 17.2. The molecule has 2 aromatic carbocycles. The summed E-state index contributed by atoms with van der Waals surface area (Å²) in [5.41, 5.74) is 8.27. The summed E-state index contributed by atoms with van der Waals surface area (Å²) in [6.45, 7) is 5.75. The Labute approximate surface area is 144 Å². The second kappa shape index (κ2) is 6.78. The molecule has 1 amide bonds. The number of piperidine rings is 1. The first-order valence-corrected chi connectivity index (χ1v) is 8.63. The molecule has 0 radical (unpaired) electrons. The van der Waals surface area contributed by atoms with Gasteiger partial charge in [-0.25, -0.2) is 0 Å². The van der Waals surface area contributed by atoms with E-state index in [1.54, 1.807) is 0 Å². The number of carbonyl (C=O) groups is 1. The van der Waals surface area contributed by atoms with Crippen LogP contribution in [0.5, 0.6) is 0 Å². The van der Waals surface area contributed by atoms with Crippen molar-refractivity contribution in [3.63, 3.8) is 0 Å². The lowest BCUT2D eigenvalue weighted by Crippen LogP contribution is -2.54. The highest BCUT2D eigenvalue weighted by atomic mass is 16.2. The van der Waals surface area contributed by atoms with Gasteiger partial charge in [0.1, 0.15) is 0 Å². The summed E-state index contributed by atoms with van der Waals surface area (Å²) in [6.07, 6.45) is 0.856. The topological polar surface area (TPSA) is 46.3 Å². The molecular formula is C21H26N2O. The van der Waals surface area contributed by atoms with Gasteiger partial charge in [0.15, 0.2) is 0 Å². The number of nitrogens with two attached hydrogens (primary N) is 1. The summed E-state index contributed by atoms with van der Waals surface area (Å²) in [4.78, 5) is 15.4. The molecule has 0 bridgehead atoms. The number of hydrogen-bond donors (Lipinski definition) is 1. The third-order valence-corrected chi connectivity index (χ3v) is 5.14. The van der Waals surface area contributed by atoms with Gasteiger partial charge in [-0.15, -0.1) is 0 Å². The largest absolute Gasteiger partial charge is 0.341 e. The molecule has 0 spiro atoms. The van der Waals surface area contributed by atoms with Crippen LogP contribution in [0, 0.1) is 5.41 Å². The van der Waals surface area contributed by atoms with Gasteiger partial charge >= 0.3 is 0 Å². The molecule has 3 rings (SSSR count). The zero-order valence-electron chi connectivity index (χ0n) is 14.5. The Morgan fingerprint density at radius 2 is 1.54 bits per heavy atom. The SMILES string of the molecule is CC1(C)CN(C(=O)C(c2ccccc2)c2ccccc2)CCC1N. The van der Waals surface area contributed by atoms with Crippen molar-refractivity contribution in [1.29, 1.82) is 0 Å². The molecule has 1 fully saturated rings. The molecule has 0 aromatic heterocycles. The van der Waals surface area contributed by atoms with Crippen molar-refractivity contribution in [1.82, 2.24) is 4.90 Å². The van der Waals surface area contributed by atoms with E-state index in [1.165, 1.54) is 0 Å². The Kier molecular flexibility index (Phi) is 4.72. The van der Waals surface area contributed by atoms with E-state index in [0.717, 1.165) is 24.1 Å². The van der Waals surface area contributed by atoms with E-state index in [0.29, 0.717) is 6.54 Å². The first-order chi connectivity index (χ1) is 11.5. The molecule has 1 aliphatic heterocycles. The number of benzene rings is 2. The summed E-state index contributed by atoms with van der Waals surface area (Å²) in [5.74, 6) is -0.0788. The summed E-state index contributed by atoms with van der Waals surface area (Å²) < 4.78 is 0. The van der Waals surface area contributed by atoms with Gasteiger partial charge in [-0.2, -0.15) is 0 Å². The maximum atomic E-state index is 13.4. The van der Waals surface area contributed by atoms with E-state index in [-0.39, 0.29) is 23.3 Å². The average molecular weight is 322 g/mol. The number of nitrogens with zero attached hydrogens (tertiary/aromatic N) is 1. The highest BCUT2D eigenvalue weighted by Crippen LogP contribution is 2.32. The fraction of sp³-hybridized carbons (Fsp3) is 0.381. The zero-order valence-corrected chi connectivity index (χ0v) is 14.5. The Bertz CT molecular complexity index is 642. The molecule has 3 nitrogen and oxygen atoms in total. The van der Waals surface area contributed by atoms with Crippen molar-refractivity contribution >= 4 is 5.91 Å². The molecule has 1 aliphatic rings. The Morgan fingerprint density at radius 3 is 2.00 bits per heavy atom. The van der Waals surface area contributed by atoms with Crippen LogP contribution in [0.3, 0.4) is 0 Å². The fourth-order valence-corrected chi connectivity index (χ4v) is 3.51. The molecule has 1 heterocycles. The van der Waals surface area contributed by atoms with Gasteiger partial charge < -0.3 is 10.6 Å². The Hall–Kier alpha value is -2.13. The second-order valence-electron chi connectivity index (χ2n) is 7.40. The number of likely N-dealkylation sites (tertiary alicyclic amines) is 1. The van der Waals surface area contributed by atoms with E-state index in [4.69, 9.17) is 5.73 Å². The van der Waals surface area contributed by atoms with Gasteiger partial charge in [-0.1, -0.05) is 74.5 Å². The maximum absolute atomic E-state index is 13.4. The van der Waals surface area contributed by atoms with Crippen molar-refractivity contribution in [2.45, 2.75) is 32.2 Å². The van der Waals surface area contributed by atoms with Crippen LogP contribution in [-0.4, -0.2) is 29.9 Å². The quantitative estimate of drug-likeness (QED) is 0.941. The smallest absolute Gasteiger partial charge is 0.234 e. The van der Waals surface area contributed by atoms with Gasteiger partial charge in [0, 0.05) is 19.1 Å². The Balaban J connectivity index is 1.93. The van der Waals surface area contributed by atoms with Gasteiger partial charge in [-0.3, -0.25) is 4.79 Å². The van der Waals surface area contributed by atoms with Crippen molar-refractivity contribution in [3.05, 3.63) is 71.8 Å². The Morgan fingerprint density at radius 1 is 1.04 bits per heavy atom. The molecule has 2 aromatic rings. The first-order valence-electron chi connectivity index (χ1n) is 8.63. The van der Waals surface area contributed by atoms with Crippen molar-refractivity contribution in [2.24, 2.45) is 11.1 Å². The van der Waals surface area contributed by atoms with E-state index >= 15 is 0 Å². The average Bonchev–Trinajstić information content (AvgIpc) is 2.59. The molecule has 126 valence electrons. The molecule has 3 heteroatoms. The lowest BCUT2D eigenvalue weighted by Gasteiger charge is -2.43. The predicted molar refractivity (Wildman–Crippen MR) is 97.7 cm³/mol. The number of amides is 1. The molecule has 2 N–H and O–H groups in total. The van der Waals surface area contributed by atoms with Crippen LogP contribution >= 0.6 is 0 Å². The fourth-order valence-electron chi connectivity index (χ4n) is 3.51. The van der Waals surface area contributed by atoms with E-state index in [1.807, 2.05) is 65.6 Å². The van der Waals surface area contributed by atoms with Crippen molar-refractivity contribution in [3.8, 4) is 0 Å². The van der Waals surface area contributed by atoms with Crippen molar-refractivity contribution < 1.29 is 4.79 Å². The molecule has 0 saturated carbocycles. The molecular weight excluding hydrogens is 296 g/mol. The van der Waals surface area contributed by atoms with Crippen LogP contribution in [0.1, 0.15) is 37.3 Å². The molecule has 1 saturated heterocycles. The monoisotopic (exact) mass is 322 g/mol. The van der Waals surface area contributed by atoms with Gasteiger partial charge in [0.25, 0.3) is 0 Å². The molecule has 1 unspecified atom stereocenters. The van der Waals surface area contributed by atoms with Gasteiger partial charge in [0.2, 0.25) is 5.91 Å². The van der Waals surface area contributed by atoms with Crippen LogP contribution in [0.4, 0.5) is 0 Å². The lowest BCUT2D eigenvalue weighted by molar-refractivity contribution is -0.135. The second-order valence-corrected chi connectivity index (χ2v) is 7.40. The summed E-state index contributed by atoms with van der Waals surface area (Å²) in [5, 5.41) is 0. The third-order valence-electron chi connectivity index (χ3n) is 5.14. The standard InChI is InChI=1S/C21H26N2O/c1-21(2)15-23(14-13-18(21)22)20(24)19(16-9-5-3-6-10-16)17-11-7-4-8-12-17/h3-12,18-19H,13-15,22H2,1-2H3. The van der Waals surface area contributed by atoms with Crippen LogP contribution < -0.4 is 5.73 Å². The minimum atomic E-state index is -0.252. The highest BCUT2D eigenvalue weighted by molar-refractivity contribution is 5.87.